The average molecular weight is 1220 g/mol. The van der Waals surface area contributed by atoms with Gasteiger partial charge < -0.3 is 4.74 Å². The molecule has 2 nitrogen and oxygen atoms in total. The third-order valence-corrected chi connectivity index (χ3v) is 9.73. The summed E-state index contributed by atoms with van der Waals surface area (Å²) in [5.41, 5.74) is -13.9. The average Bonchev–Trinajstić information content (AvgIpc) is 3.17. The van der Waals surface area contributed by atoms with E-state index in [1.807, 2.05) is 4.74 Å². The van der Waals surface area contributed by atoms with Crippen LogP contribution in [0.2, 0.25) is 0 Å². The lowest BCUT2D eigenvalue weighted by Gasteiger charge is -2.53. The molecule has 47 heteroatoms. The Morgan fingerprint density at radius 1 is 0.284 bits per heavy atom. The predicted molar refractivity (Wildman–Crippen MR) is 134 cm³/mol. The monoisotopic (exact) mass is 1220 g/mol. The van der Waals surface area contributed by atoms with E-state index in [0.29, 0.717) is 0 Å². The van der Waals surface area contributed by atoms with Gasteiger partial charge in [0.25, 0.3) is 0 Å². The molecule has 0 saturated heterocycles. The first-order chi connectivity index (χ1) is 31.1. The number of alkyl halides is 45. The van der Waals surface area contributed by atoms with E-state index in [4.69, 9.17) is 0 Å². The van der Waals surface area contributed by atoms with Crippen LogP contribution in [0.15, 0.2) is 12.2 Å². The van der Waals surface area contributed by atoms with Crippen molar-refractivity contribution >= 4 is 5.97 Å². The first-order valence-electron chi connectivity index (χ1n) is 16.0. The van der Waals surface area contributed by atoms with Gasteiger partial charge >= 0.3 is 142 Å². The van der Waals surface area contributed by atoms with Crippen LogP contribution in [0.4, 0.5) is 198 Å². The number of halogens is 45. The molecule has 0 aromatic rings. The molecule has 0 aromatic heterocycles. The van der Waals surface area contributed by atoms with Gasteiger partial charge in [-0.05, 0) is 6.92 Å². The van der Waals surface area contributed by atoms with Crippen LogP contribution < -0.4 is 0 Å². The molecule has 1 fully saturated rings. The lowest BCUT2D eigenvalue weighted by atomic mass is 9.70. The van der Waals surface area contributed by atoms with Crippen molar-refractivity contribution in [3.8, 4) is 0 Å². The van der Waals surface area contributed by atoms with Gasteiger partial charge in [-0.25, -0.2) is 9.18 Å². The summed E-state index contributed by atoms with van der Waals surface area (Å²) >= 11 is 0. The molecule has 0 aliphatic heterocycles. The van der Waals surface area contributed by atoms with Crippen molar-refractivity contribution in [3.05, 3.63) is 12.2 Å². The number of rotatable bonds is 13. The third kappa shape index (κ3) is 6.81. The van der Waals surface area contributed by atoms with Gasteiger partial charge in [-0.2, -0.15) is 193 Å². The van der Waals surface area contributed by atoms with Crippen molar-refractivity contribution < 1.29 is 207 Å². The van der Waals surface area contributed by atoms with E-state index in [1.54, 1.807) is 0 Å². The van der Waals surface area contributed by atoms with Gasteiger partial charge in [-0.3, -0.25) is 0 Å². The quantitative estimate of drug-likeness (QED) is 0.104. The molecular formula is C27H5F45O2. The highest BCUT2D eigenvalue weighted by molar-refractivity contribution is 5.87. The second-order valence-electron chi connectivity index (χ2n) is 14.4. The number of esters is 1. The molecular weight excluding hydrogens is 1210 g/mol. The van der Waals surface area contributed by atoms with Crippen LogP contribution in [0.25, 0.3) is 0 Å². The summed E-state index contributed by atoms with van der Waals surface area (Å²) in [6.45, 7) is 2.10. The van der Waals surface area contributed by atoms with Crippen molar-refractivity contribution in [2.45, 2.75) is 143 Å². The smallest absolute Gasteiger partial charge is 0.393 e. The lowest BCUT2D eigenvalue weighted by molar-refractivity contribution is -0.520. The Labute approximate surface area is 369 Å². The zero-order chi connectivity index (χ0) is 61.4. The fraction of sp³-hybridized carbons (Fsp3) is 0.889. The molecule has 0 radical (unpaired) electrons. The number of hydrogen-bond acceptors (Lipinski definition) is 2. The number of ether oxygens (including phenoxy) is 1. The first kappa shape index (κ1) is 68.1. The number of carbonyl (C=O) groups excluding carboxylic acids is 1. The van der Waals surface area contributed by atoms with E-state index in [2.05, 4.69) is 6.58 Å². The Hall–Kier alpha value is -3.94. The maximum Gasteiger partial charge on any atom is 0.473 e. The van der Waals surface area contributed by atoms with Crippen LogP contribution in [0.5, 0.6) is 0 Å². The van der Waals surface area contributed by atoms with E-state index in [9.17, 15) is 189 Å². The molecule has 0 spiro atoms. The van der Waals surface area contributed by atoms with Crippen molar-refractivity contribution in [2.24, 2.45) is 0 Å². The molecule has 0 bridgehead atoms. The number of carbonyl (C=O) groups is 1. The van der Waals surface area contributed by atoms with Crippen LogP contribution >= 0.6 is 0 Å². The summed E-state index contributed by atoms with van der Waals surface area (Å²) < 4.78 is 646. The van der Waals surface area contributed by atoms with Crippen molar-refractivity contribution in [1.82, 2.24) is 0 Å². The van der Waals surface area contributed by atoms with Gasteiger partial charge in [0.2, 0.25) is 0 Å². The van der Waals surface area contributed by atoms with E-state index < -0.39 is 148 Å². The topological polar surface area (TPSA) is 26.3 Å². The van der Waals surface area contributed by atoms with Crippen LogP contribution in [-0.4, -0.2) is 142 Å². The summed E-state index contributed by atoms with van der Waals surface area (Å²) in [5, 5.41) is 0. The van der Waals surface area contributed by atoms with Crippen LogP contribution in [0.1, 0.15) is 6.92 Å². The molecule has 0 N–H and O–H groups in total. The molecule has 1 rings (SSSR count). The Bertz CT molecular complexity index is 2100. The summed E-state index contributed by atoms with van der Waals surface area (Å²) in [7, 11) is 0. The van der Waals surface area contributed by atoms with E-state index in [-0.39, 0.29) is 6.92 Å². The predicted octanol–water partition coefficient (Wildman–Crippen LogP) is 14.8. The van der Waals surface area contributed by atoms with Gasteiger partial charge in [0.15, 0.2) is 0 Å². The van der Waals surface area contributed by atoms with Gasteiger partial charge in [-0.1, -0.05) is 6.58 Å². The van der Waals surface area contributed by atoms with E-state index in [0.717, 1.165) is 0 Å². The Morgan fingerprint density at radius 3 is 0.608 bits per heavy atom. The van der Waals surface area contributed by atoms with Crippen LogP contribution in [-0.2, 0) is 9.53 Å². The second-order valence-corrected chi connectivity index (χ2v) is 14.4. The molecule has 0 heterocycles. The van der Waals surface area contributed by atoms with Gasteiger partial charge in [0, 0.05) is 5.57 Å². The Kier molecular flexibility index (Phi) is 14.8. The minimum absolute atomic E-state index is 0.0506. The molecule has 1 saturated carbocycles. The van der Waals surface area contributed by atoms with Crippen LogP contribution in [0, 0.1) is 0 Å². The third-order valence-electron chi connectivity index (χ3n) is 9.73. The van der Waals surface area contributed by atoms with Crippen molar-refractivity contribution in [3.63, 3.8) is 0 Å². The standard InChI is InChI=1S/C27H5F45O2/c1-3(2)4(73)74-27(71,72)26(69,70)25(67,68)24(65,66)23(63,64)22(61,62)20(57,58)17(51,52)14(45,46)11(39,40)8(33,34)5(28)6(29,30)9(35,36)12(41,42)15(47,48)18(53,54)21(59,60)19(55,56)16(49,50)13(43,44)10(37,38)7(5,31)32/h1H2,2H3. The highest BCUT2D eigenvalue weighted by Crippen LogP contribution is 2.76. The molecule has 440 valence electrons. The second kappa shape index (κ2) is 16.1. The molecule has 0 amide bonds. The summed E-state index contributed by atoms with van der Waals surface area (Å²) in [6, 6.07) is 0. The van der Waals surface area contributed by atoms with Crippen molar-refractivity contribution in [2.75, 3.05) is 0 Å². The molecule has 1 aliphatic rings. The zero-order valence-corrected chi connectivity index (χ0v) is 32.0. The molecule has 1 aliphatic carbocycles. The SMILES string of the molecule is C=C(C)C(=O)OC(F)(F)C(F)(F)C(F)(F)C(F)(F)C(F)(F)C(F)(F)C(F)(F)C(F)(F)C(F)(F)C(F)(F)C(F)(F)C1(F)C(F)(F)C(F)(F)C(F)(F)C(F)(F)C(F)(F)C(F)(F)C(F)(F)C(F)(F)C(F)(F)C(F)(F)C1(F)F. The van der Waals surface area contributed by atoms with Gasteiger partial charge in [-0.15, -0.1) is 0 Å². The minimum atomic E-state index is -12.1. The van der Waals surface area contributed by atoms with E-state index in [1.165, 1.54) is 0 Å². The molecule has 0 unspecified atom stereocenters. The summed E-state index contributed by atoms with van der Waals surface area (Å²) in [6.07, 6.45) is -8.09. The summed E-state index contributed by atoms with van der Waals surface area (Å²) in [5.74, 6) is -229. The Morgan fingerprint density at radius 2 is 0.432 bits per heavy atom. The Balaban J connectivity index is 4.84. The zero-order valence-electron chi connectivity index (χ0n) is 32.0. The molecule has 74 heavy (non-hydrogen) atoms. The minimum Gasteiger partial charge on any atom is -0.393 e. The molecule has 0 aromatic carbocycles. The largest absolute Gasteiger partial charge is 0.473 e. The fourth-order valence-electron chi connectivity index (χ4n) is 5.04. The highest BCUT2D eigenvalue weighted by Gasteiger charge is 3.09. The normalized spacial score (nSPS) is 25.2. The molecule has 0 atom stereocenters. The lowest BCUT2D eigenvalue weighted by Crippen LogP contribution is -2.88. The first-order valence-corrected chi connectivity index (χ1v) is 16.0. The van der Waals surface area contributed by atoms with Crippen molar-refractivity contribution in [1.29, 1.82) is 0 Å². The maximum absolute atomic E-state index is 15.6. The highest BCUT2D eigenvalue weighted by atomic mass is 19.4. The summed E-state index contributed by atoms with van der Waals surface area (Å²) in [4.78, 5) is 11.0. The number of hydrogen-bond donors (Lipinski definition) is 0. The van der Waals surface area contributed by atoms with Crippen LogP contribution in [0.3, 0.4) is 0 Å². The fourth-order valence-corrected chi connectivity index (χ4v) is 5.04. The van der Waals surface area contributed by atoms with Gasteiger partial charge in [0.05, 0.1) is 0 Å². The maximum atomic E-state index is 15.6. The van der Waals surface area contributed by atoms with E-state index >= 15 is 13.2 Å². The van der Waals surface area contributed by atoms with Gasteiger partial charge in [0.1, 0.15) is 0 Å².